The molecule has 2 aliphatic rings. The molecule has 68 valence electrons. The van der Waals surface area contributed by atoms with Crippen molar-refractivity contribution in [3.8, 4) is 0 Å². The minimum atomic E-state index is -0.547. The minimum Gasteiger partial charge on any atom is -0.481 e. The van der Waals surface area contributed by atoms with Crippen molar-refractivity contribution in [3.05, 3.63) is 0 Å². The van der Waals surface area contributed by atoms with Crippen LogP contribution in [0, 0.1) is 23.7 Å². The zero-order valence-electron chi connectivity index (χ0n) is 7.49. The van der Waals surface area contributed by atoms with E-state index >= 15 is 0 Å². The maximum atomic E-state index is 10.9. The number of aliphatic carboxylic acids is 1. The maximum absolute atomic E-state index is 10.9. The normalized spacial score (nSPS) is 46.1. The molecule has 0 aromatic rings. The molecule has 2 heteroatoms. The van der Waals surface area contributed by atoms with E-state index in [1.54, 1.807) is 0 Å². The quantitative estimate of drug-likeness (QED) is 0.651. The van der Waals surface area contributed by atoms with Crippen molar-refractivity contribution in [2.75, 3.05) is 0 Å². The van der Waals surface area contributed by atoms with E-state index < -0.39 is 5.97 Å². The van der Waals surface area contributed by atoms with E-state index in [1.807, 2.05) is 0 Å². The summed E-state index contributed by atoms with van der Waals surface area (Å²) in [5.74, 6) is 1.21. The first kappa shape index (κ1) is 8.09. The Labute approximate surface area is 73.0 Å². The fourth-order valence-corrected chi connectivity index (χ4v) is 3.23. The Morgan fingerprint density at radius 1 is 1.25 bits per heavy atom. The van der Waals surface area contributed by atoms with E-state index in [9.17, 15) is 4.79 Å². The van der Waals surface area contributed by atoms with E-state index in [0.717, 1.165) is 31.6 Å². The van der Waals surface area contributed by atoms with Gasteiger partial charge in [0, 0.05) is 0 Å². The van der Waals surface area contributed by atoms with Crippen molar-refractivity contribution in [1.29, 1.82) is 0 Å². The van der Waals surface area contributed by atoms with Gasteiger partial charge in [0.05, 0.1) is 5.92 Å². The van der Waals surface area contributed by atoms with Crippen LogP contribution in [0.1, 0.15) is 32.6 Å². The average molecular weight is 168 g/mol. The minimum absolute atomic E-state index is 0.00111. The molecular weight excluding hydrogens is 152 g/mol. The summed E-state index contributed by atoms with van der Waals surface area (Å²) in [4.78, 5) is 10.9. The predicted molar refractivity (Wildman–Crippen MR) is 45.7 cm³/mol. The lowest BCUT2D eigenvalue weighted by Crippen LogP contribution is -2.31. The molecular formula is C10H16O2. The molecule has 0 spiro atoms. The van der Waals surface area contributed by atoms with Crippen molar-refractivity contribution in [2.45, 2.75) is 32.6 Å². The van der Waals surface area contributed by atoms with Gasteiger partial charge in [0.2, 0.25) is 0 Å². The first-order chi connectivity index (χ1) is 5.68. The summed E-state index contributed by atoms with van der Waals surface area (Å²) in [5, 5.41) is 9.01. The van der Waals surface area contributed by atoms with Gasteiger partial charge in [0.25, 0.3) is 0 Å². The first-order valence-electron chi connectivity index (χ1n) is 4.91. The molecule has 2 saturated carbocycles. The van der Waals surface area contributed by atoms with Gasteiger partial charge in [0.15, 0.2) is 0 Å². The van der Waals surface area contributed by atoms with Crippen molar-refractivity contribution in [3.63, 3.8) is 0 Å². The Hall–Kier alpha value is -0.530. The van der Waals surface area contributed by atoms with Gasteiger partial charge in [-0.3, -0.25) is 4.79 Å². The zero-order chi connectivity index (χ0) is 8.72. The van der Waals surface area contributed by atoms with Crippen LogP contribution in [0.25, 0.3) is 0 Å². The molecule has 0 heterocycles. The molecule has 2 aliphatic carbocycles. The lowest BCUT2D eigenvalue weighted by molar-refractivity contribution is -0.146. The van der Waals surface area contributed by atoms with Crippen molar-refractivity contribution < 1.29 is 9.90 Å². The topological polar surface area (TPSA) is 37.3 Å². The average Bonchev–Trinajstić information content (AvgIpc) is 2.24. The van der Waals surface area contributed by atoms with Crippen LogP contribution in [0.4, 0.5) is 0 Å². The number of carboxylic acid groups (broad SMARTS) is 1. The van der Waals surface area contributed by atoms with Gasteiger partial charge >= 0.3 is 5.97 Å². The van der Waals surface area contributed by atoms with Crippen molar-refractivity contribution in [2.24, 2.45) is 23.7 Å². The molecule has 2 unspecified atom stereocenters. The van der Waals surface area contributed by atoms with Gasteiger partial charge < -0.3 is 5.11 Å². The predicted octanol–water partition coefficient (Wildman–Crippen LogP) is 2.14. The largest absolute Gasteiger partial charge is 0.481 e. The summed E-state index contributed by atoms with van der Waals surface area (Å²) < 4.78 is 0. The van der Waals surface area contributed by atoms with Crippen LogP contribution in [-0.4, -0.2) is 11.1 Å². The second kappa shape index (κ2) is 2.75. The highest BCUT2D eigenvalue weighted by Gasteiger charge is 2.45. The van der Waals surface area contributed by atoms with Gasteiger partial charge in [-0.25, -0.2) is 0 Å². The van der Waals surface area contributed by atoms with Crippen LogP contribution in [-0.2, 0) is 4.79 Å². The molecule has 2 fully saturated rings. The molecule has 0 aromatic heterocycles. The van der Waals surface area contributed by atoms with Gasteiger partial charge in [-0.2, -0.15) is 0 Å². The lowest BCUT2D eigenvalue weighted by atomic mass is 9.74. The third kappa shape index (κ3) is 1.13. The monoisotopic (exact) mass is 168 g/mol. The van der Waals surface area contributed by atoms with Crippen molar-refractivity contribution >= 4 is 5.97 Å². The van der Waals surface area contributed by atoms with Gasteiger partial charge in [-0.15, -0.1) is 0 Å². The number of hydrogen-bond donors (Lipinski definition) is 1. The third-order valence-corrected chi connectivity index (χ3v) is 3.62. The fourth-order valence-electron chi connectivity index (χ4n) is 3.23. The highest BCUT2D eigenvalue weighted by atomic mass is 16.4. The number of carboxylic acids is 1. The van der Waals surface area contributed by atoms with E-state index in [-0.39, 0.29) is 5.92 Å². The van der Waals surface area contributed by atoms with E-state index in [1.165, 1.54) is 0 Å². The Kier molecular flexibility index (Phi) is 1.85. The van der Waals surface area contributed by atoms with Crippen LogP contribution < -0.4 is 0 Å². The van der Waals surface area contributed by atoms with Crippen LogP contribution >= 0.6 is 0 Å². The lowest BCUT2D eigenvalue weighted by Gasteiger charge is -2.30. The summed E-state index contributed by atoms with van der Waals surface area (Å²) in [5.41, 5.74) is 0. The first-order valence-corrected chi connectivity index (χ1v) is 4.91. The molecule has 1 N–H and O–H groups in total. The third-order valence-electron chi connectivity index (χ3n) is 3.62. The Morgan fingerprint density at radius 3 is 2.17 bits per heavy atom. The highest BCUT2D eigenvalue weighted by molar-refractivity contribution is 5.71. The smallest absolute Gasteiger partial charge is 0.307 e. The molecule has 0 aromatic carbocycles. The van der Waals surface area contributed by atoms with Gasteiger partial charge in [-0.05, 0) is 43.4 Å². The molecule has 0 aliphatic heterocycles. The second-order valence-corrected chi connectivity index (χ2v) is 4.54. The van der Waals surface area contributed by atoms with Gasteiger partial charge in [0.1, 0.15) is 0 Å². The molecule has 2 rings (SSSR count). The molecule has 0 radical (unpaired) electrons. The van der Waals surface area contributed by atoms with Crippen LogP contribution in [0.15, 0.2) is 0 Å². The second-order valence-electron chi connectivity index (χ2n) is 4.54. The standard InChI is InChI=1S/C10H16O2/c1-6-4-7-2-3-8(5-6)9(7)10(11)12/h6-9H,2-5H2,1H3,(H,11,12). The summed E-state index contributed by atoms with van der Waals surface area (Å²) in [6.07, 6.45) is 4.61. The van der Waals surface area contributed by atoms with E-state index in [4.69, 9.17) is 5.11 Å². The number of hydrogen-bond acceptors (Lipinski definition) is 1. The summed E-state index contributed by atoms with van der Waals surface area (Å²) in [6, 6.07) is 0. The Balaban J connectivity index is 2.14. The van der Waals surface area contributed by atoms with Crippen LogP contribution in [0.5, 0.6) is 0 Å². The zero-order valence-corrected chi connectivity index (χ0v) is 7.49. The summed E-state index contributed by atoms with van der Waals surface area (Å²) in [6.45, 7) is 2.25. The summed E-state index contributed by atoms with van der Waals surface area (Å²) >= 11 is 0. The number of carbonyl (C=O) groups is 1. The molecule has 0 amide bonds. The molecule has 2 bridgehead atoms. The SMILES string of the molecule is CC1CC2CCC(C1)C2C(=O)O. The van der Waals surface area contributed by atoms with Crippen LogP contribution in [0.2, 0.25) is 0 Å². The molecule has 0 saturated heterocycles. The molecule has 2 nitrogen and oxygen atoms in total. The van der Waals surface area contributed by atoms with Crippen molar-refractivity contribution in [1.82, 2.24) is 0 Å². The Bertz CT molecular complexity index is 186. The number of rotatable bonds is 1. The molecule has 2 atom stereocenters. The highest BCUT2D eigenvalue weighted by Crippen LogP contribution is 2.48. The maximum Gasteiger partial charge on any atom is 0.307 e. The van der Waals surface area contributed by atoms with E-state index in [2.05, 4.69) is 6.92 Å². The number of fused-ring (bicyclic) bond motifs is 2. The van der Waals surface area contributed by atoms with Gasteiger partial charge in [-0.1, -0.05) is 6.92 Å². The summed E-state index contributed by atoms with van der Waals surface area (Å²) in [7, 11) is 0. The molecule has 12 heavy (non-hydrogen) atoms. The fraction of sp³-hybridized carbons (Fsp3) is 0.900. The van der Waals surface area contributed by atoms with E-state index in [0.29, 0.717) is 11.8 Å². The Morgan fingerprint density at radius 2 is 1.75 bits per heavy atom. The van der Waals surface area contributed by atoms with Crippen LogP contribution in [0.3, 0.4) is 0 Å².